The number of carbonyl (C=O) groups excluding carboxylic acids is 2. The molecule has 116 heavy (non-hydrogen) atoms. The van der Waals surface area contributed by atoms with Crippen LogP contribution in [0.3, 0.4) is 0 Å². The topological polar surface area (TPSA) is 270 Å². The second-order valence-electron chi connectivity index (χ2n) is 31.4. The summed E-state index contributed by atoms with van der Waals surface area (Å²) in [7, 11) is -10.9. The second-order valence-corrected chi connectivity index (χ2v) is 40.2. The minimum Gasteiger partial charge on any atom is -0.444 e. The minimum atomic E-state index is -4.55. The lowest BCUT2D eigenvalue weighted by atomic mass is 10.0. The Morgan fingerprint density at radius 3 is 0.991 bits per heavy atom. The number of hydrogen-bond donors (Lipinski definition) is 2. The summed E-state index contributed by atoms with van der Waals surface area (Å²) in [5.74, 6) is 1.82. The summed E-state index contributed by atoms with van der Waals surface area (Å²) >= 11 is 3.38. The fourth-order valence-corrected chi connectivity index (χ4v) is 20.7. The average Bonchev–Trinajstić information content (AvgIpc) is 1.52. The van der Waals surface area contributed by atoms with Crippen LogP contribution in [0.25, 0.3) is 0 Å². The molecule has 10 fully saturated rings. The largest absolute Gasteiger partial charge is 0.444 e. The number of piperidine rings is 4. The van der Waals surface area contributed by atoms with E-state index in [4.69, 9.17) is 39.1 Å². The lowest BCUT2D eigenvalue weighted by Crippen LogP contribution is -2.56. The van der Waals surface area contributed by atoms with Crippen molar-refractivity contribution in [2.45, 2.75) is 197 Å². The number of amides is 2. The summed E-state index contributed by atoms with van der Waals surface area (Å²) < 4.78 is 288. The first kappa shape index (κ1) is 94.6. The Morgan fingerprint density at radius 2 is 0.724 bits per heavy atom. The van der Waals surface area contributed by atoms with Crippen molar-refractivity contribution in [2.75, 3.05) is 117 Å². The van der Waals surface area contributed by atoms with Crippen LogP contribution in [0.15, 0.2) is 117 Å². The molecule has 0 atom stereocenters. The number of likely N-dealkylation sites (tertiary alicyclic amines) is 3. The molecule has 8 saturated heterocycles. The van der Waals surface area contributed by atoms with Gasteiger partial charge in [0.1, 0.15) is 34.1 Å². The summed E-state index contributed by atoms with van der Waals surface area (Å²) in [5.41, 5.74) is -7.69. The molecule has 8 aliphatic heterocycles. The van der Waals surface area contributed by atoms with Crippen LogP contribution in [-0.2, 0) is 92.2 Å². The molecule has 0 aromatic heterocycles. The van der Waals surface area contributed by atoms with Crippen molar-refractivity contribution in [3.63, 3.8) is 0 Å². The number of benzene rings is 4. The number of alkyl halides is 13. The molecular formula is C74H98BrClF12N8O16S4. The number of carbonyl (C=O) groups is 2. The van der Waals surface area contributed by atoms with Crippen LogP contribution in [0.4, 0.5) is 62.3 Å². The smallest absolute Gasteiger partial charge is 0.416 e. The zero-order chi connectivity index (χ0) is 85.6. The summed E-state index contributed by atoms with van der Waals surface area (Å²) in [6.07, 6.45) is -8.86. The van der Waals surface area contributed by atoms with Crippen molar-refractivity contribution in [1.82, 2.24) is 38.2 Å². The van der Waals surface area contributed by atoms with Gasteiger partial charge in [-0.25, -0.2) is 43.3 Å². The quantitative estimate of drug-likeness (QED) is 0.0848. The third kappa shape index (κ3) is 25.0. The Kier molecular flexibility index (Phi) is 30.4. The van der Waals surface area contributed by atoms with Crippen LogP contribution in [0.1, 0.15) is 141 Å². The molecule has 0 unspecified atom stereocenters. The Balaban J connectivity index is 0.000000166. The van der Waals surface area contributed by atoms with Crippen LogP contribution >= 0.6 is 26.6 Å². The molecule has 42 heteroatoms. The lowest BCUT2D eigenvalue weighted by Gasteiger charge is -2.43. The molecule has 14 rings (SSSR count). The highest BCUT2D eigenvalue weighted by atomic mass is 79.9. The SMILES string of the molecule is BrCC1CC1.CC(C)(C)OC(=O)N1CCC2(CC1)NCCO2.CC(C)(C)OC(=O)N1CCC2(CC1)OCCN2S(=O)(=O)c1ccc(C(F)(F)F)cc1.O=S(=O)(Cl)c1ccc(C(F)(F)F)cc1.O=S(=O)(c1ccc(C(F)(F)F)cc1)N1CCOC12CCN(CC1CC1)CC2.O=S(=O)(c1ccc(C(F)(F)F)cc1)N1CCOC12CCNCC2. The molecule has 4 aromatic rings. The zero-order valence-corrected chi connectivity index (χ0v) is 70.4. The van der Waals surface area contributed by atoms with Gasteiger partial charge >= 0.3 is 36.9 Å². The van der Waals surface area contributed by atoms with Gasteiger partial charge in [0.2, 0.25) is 30.1 Å². The van der Waals surface area contributed by atoms with E-state index >= 15 is 0 Å². The maximum absolute atomic E-state index is 13.1. The third-order valence-corrected chi connectivity index (χ3v) is 28.8. The van der Waals surface area contributed by atoms with E-state index in [1.807, 2.05) is 20.8 Å². The van der Waals surface area contributed by atoms with Crippen molar-refractivity contribution < 1.29 is 124 Å². The van der Waals surface area contributed by atoms with Crippen molar-refractivity contribution in [1.29, 1.82) is 0 Å². The molecule has 0 bridgehead atoms. The molecule has 8 heterocycles. The highest BCUT2D eigenvalue weighted by Gasteiger charge is 2.54. The van der Waals surface area contributed by atoms with Crippen molar-refractivity contribution in [3.05, 3.63) is 119 Å². The minimum absolute atomic E-state index is 0.0930. The molecule has 0 radical (unpaired) electrons. The van der Waals surface area contributed by atoms with Gasteiger partial charge in [0.05, 0.1) is 68.3 Å². The van der Waals surface area contributed by atoms with Crippen LogP contribution in [0.2, 0.25) is 0 Å². The Bertz CT molecular complexity index is 4410. The summed E-state index contributed by atoms with van der Waals surface area (Å²) in [6, 6.07) is 13.7. The van der Waals surface area contributed by atoms with Gasteiger partial charge in [-0.05, 0) is 189 Å². The van der Waals surface area contributed by atoms with Crippen LogP contribution < -0.4 is 10.6 Å². The monoisotopic (exact) mass is 1820 g/mol. The van der Waals surface area contributed by atoms with Crippen LogP contribution in [0.5, 0.6) is 0 Å². The molecule has 4 aromatic carbocycles. The first-order valence-corrected chi connectivity index (χ1v) is 45.5. The Hall–Kier alpha value is -5.25. The molecule has 2 amide bonds. The molecule has 652 valence electrons. The molecule has 10 aliphatic rings. The van der Waals surface area contributed by atoms with E-state index in [0.717, 1.165) is 142 Å². The number of sulfonamides is 3. The number of halogens is 14. The van der Waals surface area contributed by atoms with Gasteiger partial charge in [-0.3, -0.25) is 5.32 Å². The van der Waals surface area contributed by atoms with Gasteiger partial charge in [0.25, 0.3) is 9.05 Å². The molecule has 2 N–H and O–H groups in total. The predicted molar refractivity (Wildman–Crippen MR) is 404 cm³/mol. The number of nitrogens with zero attached hydrogens (tertiary/aromatic N) is 6. The standard InChI is InChI=1S/C19H25F3N2O5S.C18H23F3N2O3S.C14H17F3N2O3S.C12H22N2O3.C7H4ClF3O2S.C4H7Br/c1-17(2,3)29-16(25)23-10-8-18(9-11-23)24(12-13-28-18)30(26,27)15-6-4-14(5-7-15)19(20,21)22;19-18(20,21)15-3-5-16(6-4-15)27(24,25)23-11-12-26-17(23)7-9-22(10-8-17)13-14-1-2-14;15-14(16,17)11-1-3-12(4-2-11)23(20,21)19-9-10-22-13(19)5-7-18-8-6-13;1-11(2,3)17-10(15)14-7-4-12(5-8-14)13-6-9-16-12;8-14(12,13)6-3-1-5(2-4-6)7(9,10)11;5-3-4-1-2-4/h4-7H,8-13H2,1-3H3;3-6,14H,1-2,7-13H2;1-4,18H,5-10H2;13H,4-9H2,1-3H3;1-4H;4H,1-3H2. The van der Waals surface area contributed by atoms with E-state index in [-0.39, 0.29) is 83.6 Å². The van der Waals surface area contributed by atoms with Gasteiger partial charge in [0.15, 0.2) is 0 Å². The number of nitrogens with one attached hydrogen (secondary N) is 2. The first-order valence-electron chi connectivity index (χ1n) is 37.7. The molecule has 2 aliphatic carbocycles. The van der Waals surface area contributed by atoms with Crippen LogP contribution in [-0.4, -0.2) is 224 Å². The maximum atomic E-state index is 13.1. The number of rotatable bonds is 10. The third-order valence-electron chi connectivity index (χ3n) is 20.6. The molecule has 24 nitrogen and oxygen atoms in total. The normalized spacial score (nSPS) is 21.6. The van der Waals surface area contributed by atoms with E-state index < -0.39 is 121 Å². The Morgan fingerprint density at radius 1 is 0.422 bits per heavy atom. The molecule has 2 saturated carbocycles. The summed E-state index contributed by atoms with van der Waals surface area (Å²) in [4.78, 5) is 28.9. The fourth-order valence-electron chi connectivity index (χ4n) is 14.1. The zero-order valence-electron chi connectivity index (χ0n) is 64.7. The first-order chi connectivity index (χ1) is 53.8. The maximum Gasteiger partial charge on any atom is 0.416 e. The van der Waals surface area contributed by atoms with Crippen LogP contribution in [0, 0.1) is 11.8 Å². The lowest BCUT2D eigenvalue weighted by molar-refractivity contribution is -0.138. The fraction of sp³-hybridized carbons (Fsp3) is 0.649. The van der Waals surface area contributed by atoms with Crippen molar-refractivity contribution >= 4 is 77.9 Å². The summed E-state index contributed by atoms with van der Waals surface area (Å²) in [6.45, 7) is 19.7. The second kappa shape index (κ2) is 37.2. The highest BCUT2D eigenvalue weighted by molar-refractivity contribution is 9.09. The molecule has 4 spiro atoms. The number of ether oxygens (including phenoxy) is 6. The van der Waals surface area contributed by atoms with Gasteiger partial charge < -0.3 is 48.4 Å². The highest BCUT2D eigenvalue weighted by Crippen LogP contribution is 2.44. The van der Waals surface area contributed by atoms with E-state index in [1.54, 1.807) is 25.7 Å². The van der Waals surface area contributed by atoms with Gasteiger partial charge in [-0.2, -0.15) is 65.6 Å². The van der Waals surface area contributed by atoms with Crippen molar-refractivity contribution in [3.8, 4) is 0 Å². The molecular weight excluding hydrogens is 1730 g/mol. The average molecular weight is 1830 g/mol. The van der Waals surface area contributed by atoms with Gasteiger partial charge in [0, 0.05) is 139 Å². The number of hydrogen-bond acceptors (Lipinski definition) is 19. The van der Waals surface area contributed by atoms with E-state index in [2.05, 4.69) is 31.5 Å². The predicted octanol–water partition coefficient (Wildman–Crippen LogP) is 13.9. The summed E-state index contributed by atoms with van der Waals surface area (Å²) in [5, 5.41) is 7.75. The Labute approximate surface area is 681 Å². The van der Waals surface area contributed by atoms with Gasteiger partial charge in [-0.15, -0.1) is 0 Å². The van der Waals surface area contributed by atoms with Gasteiger partial charge in [-0.1, -0.05) is 15.9 Å². The van der Waals surface area contributed by atoms with E-state index in [9.17, 15) is 95.9 Å². The van der Waals surface area contributed by atoms with E-state index in [0.29, 0.717) is 77.2 Å². The van der Waals surface area contributed by atoms with E-state index in [1.165, 1.54) is 48.8 Å². The van der Waals surface area contributed by atoms with Crippen molar-refractivity contribution in [2.24, 2.45) is 11.8 Å².